The van der Waals surface area contributed by atoms with Crippen LogP contribution in [0.4, 0.5) is 11.5 Å². The Morgan fingerprint density at radius 1 is 0.775 bits per heavy atom. The predicted octanol–water partition coefficient (Wildman–Crippen LogP) is 7.19. The zero-order chi connectivity index (χ0) is 27.3. The van der Waals surface area contributed by atoms with Crippen molar-refractivity contribution in [2.45, 2.75) is 33.2 Å². The van der Waals surface area contributed by atoms with Gasteiger partial charge in [-0.25, -0.2) is 14.6 Å². The molecule has 0 bridgehead atoms. The molecule has 3 heterocycles. The van der Waals surface area contributed by atoms with E-state index >= 15 is 0 Å². The summed E-state index contributed by atoms with van der Waals surface area (Å²) < 4.78 is 3.92. The maximum Gasteiger partial charge on any atom is 0.148 e. The van der Waals surface area contributed by atoms with Crippen molar-refractivity contribution in [1.29, 1.82) is 0 Å². The molecule has 198 valence electrons. The summed E-state index contributed by atoms with van der Waals surface area (Å²) >= 11 is 0. The first-order chi connectivity index (χ1) is 19.6. The van der Waals surface area contributed by atoms with Gasteiger partial charge in [0.2, 0.25) is 0 Å². The van der Waals surface area contributed by atoms with Gasteiger partial charge in [-0.3, -0.25) is 4.68 Å². The maximum absolute atomic E-state index is 5.04. The molecule has 0 amide bonds. The van der Waals surface area contributed by atoms with Crippen molar-refractivity contribution in [2.75, 3.05) is 5.32 Å². The average Bonchev–Trinajstić information content (AvgIpc) is 3.57. The van der Waals surface area contributed by atoms with Gasteiger partial charge in [0, 0.05) is 35.8 Å². The largest absolute Gasteiger partial charge is 0.340 e. The molecule has 40 heavy (non-hydrogen) atoms. The molecule has 0 aliphatic carbocycles. The summed E-state index contributed by atoms with van der Waals surface area (Å²) in [6, 6.07) is 33.2. The standard InChI is InChI=1S/C33H31N7/c1-24-35-25(2)40(37-24)30-17-15-29(16-18-30)36-32-22-28(19-20-34-32)33-31(27-13-7-4-8-14-27)23-39(38-33)21-9-12-26-10-5-3-6-11-26/h3-8,10-11,13-20,22-23H,9,12,21H2,1-2H3,(H,34,36). The predicted molar refractivity (Wildman–Crippen MR) is 160 cm³/mol. The molecule has 7 nitrogen and oxygen atoms in total. The van der Waals surface area contributed by atoms with E-state index in [-0.39, 0.29) is 0 Å². The first kappa shape index (κ1) is 25.2. The van der Waals surface area contributed by atoms with Crippen molar-refractivity contribution in [3.8, 4) is 28.1 Å². The van der Waals surface area contributed by atoms with Crippen LogP contribution in [-0.4, -0.2) is 29.5 Å². The molecule has 3 aromatic carbocycles. The number of nitrogens with zero attached hydrogens (tertiary/aromatic N) is 6. The maximum atomic E-state index is 5.04. The lowest BCUT2D eigenvalue weighted by Crippen LogP contribution is -2.01. The van der Waals surface area contributed by atoms with Crippen LogP contribution >= 0.6 is 0 Å². The Morgan fingerprint density at radius 3 is 2.25 bits per heavy atom. The van der Waals surface area contributed by atoms with Gasteiger partial charge in [0.15, 0.2) is 0 Å². The Balaban J connectivity index is 1.24. The van der Waals surface area contributed by atoms with Crippen LogP contribution in [0.25, 0.3) is 28.1 Å². The fraction of sp³-hybridized carbons (Fsp3) is 0.152. The van der Waals surface area contributed by atoms with Gasteiger partial charge >= 0.3 is 0 Å². The molecule has 3 aromatic heterocycles. The number of benzene rings is 3. The SMILES string of the molecule is Cc1nc(C)n(-c2ccc(Nc3cc(-c4nn(CCCc5ccccc5)cc4-c4ccccc4)ccn3)cc2)n1. The fourth-order valence-electron chi connectivity index (χ4n) is 4.91. The lowest BCUT2D eigenvalue weighted by Gasteiger charge is -2.09. The minimum absolute atomic E-state index is 0.759. The van der Waals surface area contributed by atoms with Crippen LogP contribution in [-0.2, 0) is 13.0 Å². The number of pyridine rings is 1. The number of aryl methyl sites for hydroxylation is 4. The Bertz CT molecular complexity index is 1700. The third-order valence-electron chi connectivity index (χ3n) is 6.83. The molecule has 0 saturated heterocycles. The lowest BCUT2D eigenvalue weighted by molar-refractivity contribution is 0.580. The van der Waals surface area contributed by atoms with Crippen molar-refractivity contribution >= 4 is 11.5 Å². The normalized spacial score (nSPS) is 11.1. The van der Waals surface area contributed by atoms with Crippen LogP contribution in [0.5, 0.6) is 0 Å². The molecule has 0 radical (unpaired) electrons. The van der Waals surface area contributed by atoms with Gasteiger partial charge < -0.3 is 5.32 Å². The second kappa shape index (κ2) is 11.4. The molecule has 0 unspecified atom stereocenters. The van der Waals surface area contributed by atoms with E-state index < -0.39 is 0 Å². The van der Waals surface area contributed by atoms with Crippen LogP contribution in [0.3, 0.4) is 0 Å². The number of rotatable bonds is 9. The molecule has 0 fully saturated rings. The highest BCUT2D eigenvalue weighted by molar-refractivity contribution is 5.81. The van der Waals surface area contributed by atoms with Crippen molar-refractivity contribution in [1.82, 2.24) is 29.5 Å². The Morgan fingerprint density at radius 2 is 1.52 bits per heavy atom. The number of anilines is 2. The fourth-order valence-corrected chi connectivity index (χ4v) is 4.91. The van der Waals surface area contributed by atoms with Crippen molar-refractivity contribution in [3.05, 3.63) is 127 Å². The third-order valence-corrected chi connectivity index (χ3v) is 6.83. The van der Waals surface area contributed by atoms with E-state index in [2.05, 4.69) is 91.9 Å². The number of aromatic nitrogens is 6. The Kier molecular flexibility index (Phi) is 7.18. The van der Waals surface area contributed by atoms with Crippen LogP contribution in [0.15, 0.2) is 109 Å². The van der Waals surface area contributed by atoms with Crippen LogP contribution in [0, 0.1) is 13.8 Å². The van der Waals surface area contributed by atoms with Crippen LogP contribution < -0.4 is 5.32 Å². The van der Waals surface area contributed by atoms with Gasteiger partial charge in [-0.2, -0.15) is 10.2 Å². The zero-order valence-electron chi connectivity index (χ0n) is 22.7. The summed E-state index contributed by atoms with van der Waals surface area (Å²) in [5, 5.41) is 12.9. The van der Waals surface area contributed by atoms with E-state index in [0.29, 0.717) is 0 Å². The molecule has 7 heteroatoms. The highest BCUT2D eigenvalue weighted by Crippen LogP contribution is 2.32. The number of nitrogens with one attached hydrogen (secondary N) is 1. The molecule has 0 atom stereocenters. The summed E-state index contributed by atoms with van der Waals surface area (Å²) in [6.07, 6.45) is 6.04. The van der Waals surface area contributed by atoms with Gasteiger partial charge in [0.25, 0.3) is 0 Å². The van der Waals surface area contributed by atoms with Gasteiger partial charge in [0.1, 0.15) is 23.2 Å². The molecule has 0 spiro atoms. The minimum Gasteiger partial charge on any atom is -0.340 e. The topological polar surface area (TPSA) is 73.5 Å². The molecular formula is C33H31N7. The first-order valence-corrected chi connectivity index (χ1v) is 13.5. The summed E-state index contributed by atoms with van der Waals surface area (Å²) in [4.78, 5) is 8.97. The summed E-state index contributed by atoms with van der Waals surface area (Å²) in [7, 11) is 0. The van der Waals surface area contributed by atoms with Crippen molar-refractivity contribution in [2.24, 2.45) is 0 Å². The summed E-state index contributed by atoms with van der Waals surface area (Å²) in [6.45, 7) is 4.70. The van der Waals surface area contributed by atoms with E-state index in [0.717, 1.165) is 70.6 Å². The number of hydrogen-bond donors (Lipinski definition) is 1. The van der Waals surface area contributed by atoms with Gasteiger partial charge in [0.05, 0.1) is 5.69 Å². The molecule has 0 aliphatic rings. The monoisotopic (exact) mass is 525 g/mol. The van der Waals surface area contributed by atoms with E-state index in [1.54, 1.807) is 0 Å². The zero-order valence-corrected chi connectivity index (χ0v) is 22.7. The molecule has 6 rings (SSSR count). The van der Waals surface area contributed by atoms with E-state index in [1.165, 1.54) is 5.56 Å². The molecular weight excluding hydrogens is 494 g/mol. The number of hydrogen-bond acceptors (Lipinski definition) is 5. The highest BCUT2D eigenvalue weighted by atomic mass is 15.3. The second-order valence-electron chi connectivity index (χ2n) is 9.83. The molecule has 6 aromatic rings. The first-order valence-electron chi connectivity index (χ1n) is 13.5. The van der Waals surface area contributed by atoms with E-state index in [9.17, 15) is 0 Å². The highest BCUT2D eigenvalue weighted by Gasteiger charge is 2.14. The van der Waals surface area contributed by atoms with Gasteiger partial charge in [-0.1, -0.05) is 60.7 Å². The lowest BCUT2D eigenvalue weighted by atomic mass is 10.0. The minimum atomic E-state index is 0.759. The Labute approximate surface area is 234 Å². The van der Waals surface area contributed by atoms with Gasteiger partial charge in [-0.05, 0) is 74.2 Å². The third kappa shape index (κ3) is 5.68. The van der Waals surface area contributed by atoms with E-state index in [4.69, 9.17) is 5.10 Å². The van der Waals surface area contributed by atoms with Crippen LogP contribution in [0.1, 0.15) is 23.6 Å². The van der Waals surface area contributed by atoms with E-state index in [1.807, 2.05) is 61.1 Å². The summed E-state index contributed by atoms with van der Waals surface area (Å²) in [5.74, 6) is 2.38. The van der Waals surface area contributed by atoms with Crippen molar-refractivity contribution in [3.63, 3.8) is 0 Å². The molecule has 0 aliphatic heterocycles. The molecule has 0 saturated carbocycles. The van der Waals surface area contributed by atoms with Gasteiger partial charge in [-0.15, -0.1) is 0 Å². The quantitative estimate of drug-likeness (QED) is 0.216. The smallest absolute Gasteiger partial charge is 0.148 e. The molecule has 1 N–H and O–H groups in total. The average molecular weight is 526 g/mol. The second-order valence-corrected chi connectivity index (χ2v) is 9.83. The Hall–Kier alpha value is -5.04. The van der Waals surface area contributed by atoms with Crippen molar-refractivity contribution < 1.29 is 0 Å². The summed E-state index contributed by atoms with van der Waals surface area (Å²) in [5.41, 5.74) is 7.48. The van der Waals surface area contributed by atoms with Crippen LogP contribution in [0.2, 0.25) is 0 Å².